The minimum absolute atomic E-state index is 0.264. The fraction of sp³-hybridized carbons (Fsp3) is 0.0556. The zero-order valence-corrected chi connectivity index (χ0v) is 27.4. The van der Waals surface area contributed by atoms with Crippen molar-refractivity contribution in [2.75, 3.05) is 19.6 Å². The zero-order chi connectivity index (χ0) is 33.6. The molecule has 7 aromatic rings. The highest BCUT2D eigenvalue weighted by atomic mass is 32.1. The lowest BCUT2D eigenvalue weighted by Crippen LogP contribution is -2.00. The van der Waals surface area contributed by atoms with Crippen molar-refractivity contribution in [2.45, 2.75) is 5.16 Å². The number of nitrogens with one attached hydrogen (secondary N) is 1. The molecule has 0 amide bonds. The number of para-hydroxylation sites is 2. The third kappa shape index (κ3) is 6.82. The van der Waals surface area contributed by atoms with E-state index in [1.54, 1.807) is 26.6 Å². The fourth-order valence-corrected chi connectivity index (χ4v) is 5.25. The van der Waals surface area contributed by atoms with E-state index >= 15 is 0 Å². The Morgan fingerprint density at radius 1 is 0.633 bits per heavy atom. The van der Waals surface area contributed by atoms with E-state index in [9.17, 15) is 0 Å². The van der Waals surface area contributed by atoms with Crippen LogP contribution in [-0.4, -0.2) is 61.1 Å². The standard InChI is InChI=1S/C36H30N10O2S/c1-47-31-17-13-25(14-18-31)33-27(23-44(42-33)29-9-5-3-6-10-29)21-37-39-35-40-41-36(49)46(35)38-22-28-24-45(30-11-7-4-8-12-30)43-34(28)26-15-19-32(48-2)20-16-26/h3-24H,1-2H3,(H,39,40)(H,41,49)/b37-21+,38-22+. The Labute approximate surface area is 287 Å². The van der Waals surface area contributed by atoms with Crippen LogP contribution < -0.4 is 14.9 Å². The maximum atomic E-state index is 5.35. The molecular formula is C36H30N10O2S. The minimum atomic E-state index is 0.264. The van der Waals surface area contributed by atoms with Crippen molar-refractivity contribution in [1.82, 2.24) is 34.4 Å². The molecule has 242 valence electrons. The molecule has 0 fully saturated rings. The average molecular weight is 667 g/mol. The van der Waals surface area contributed by atoms with Crippen molar-refractivity contribution in [3.8, 4) is 45.4 Å². The SMILES string of the molecule is COc1ccc(-c2nn(-c3ccccc3)cc2/C=N/Nc2nnc(S)n2/N=C/c2cn(-c3ccccc3)nc2-c2ccc(OC)cc2)cc1. The third-order valence-electron chi connectivity index (χ3n) is 7.56. The van der Waals surface area contributed by atoms with Gasteiger partial charge in [-0.2, -0.15) is 25.1 Å². The third-order valence-corrected chi connectivity index (χ3v) is 7.84. The second-order valence-electron chi connectivity index (χ2n) is 10.6. The molecular weight excluding hydrogens is 637 g/mol. The van der Waals surface area contributed by atoms with E-state index in [1.807, 2.05) is 131 Å². The molecule has 13 heteroatoms. The van der Waals surface area contributed by atoms with Crippen molar-refractivity contribution < 1.29 is 9.47 Å². The van der Waals surface area contributed by atoms with E-state index in [1.165, 1.54) is 4.68 Å². The number of aromatic nitrogens is 7. The van der Waals surface area contributed by atoms with Gasteiger partial charge in [0.25, 0.3) is 5.95 Å². The highest BCUT2D eigenvalue weighted by Gasteiger charge is 2.15. The first-order valence-electron chi connectivity index (χ1n) is 15.2. The predicted octanol–water partition coefficient (Wildman–Crippen LogP) is 6.62. The predicted molar refractivity (Wildman–Crippen MR) is 193 cm³/mol. The molecule has 0 saturated heterocycles. The van der Waals surface area contributed by atoms with Gasteiger partial charge in [0.15, 0.2) is 0 Å². The van der Waals surface area contributed by atoms with E-state index in [4.69, 9.17) is 19.7 Å². The Balaban J connectivity index is 1.18. The molecule has 4 aromatic carbocycles. The van der Waals surface area contributed by atoms with Crippen molar-refractivity contribution in [3.63, 3.8) is 0 Å². The molecule has 3 aromatic heterocycles. The Kier molecular flexibility index (Phi) is 8.97. The molecule has 0 saturated carbocycles. The van der Waals surface area contributed by atoms with Crippen LogP contribution in [0.3, 0.4) is 0 Å². The van der Waals surface area contributed by atoms with Crippen LogP contribution >= 0.6 is 12.6 Å². The Morgan fingerprint density at radius 2 is 1.12 bits per heavy atom. The number of thiol groups is 1. The van der Waals surface area contributed by atoms with Crippen LogP contribution in [0.1, 0.15) is 11.1 Å². The minimum Gasteiger partial charge on any atom is -0.497 e. The number of hydrazone groups is 1. The summed E-state index contributed by atoms with van der Waals surface area (Å²) in [6, 6.07) is 35.2. The largest absolute Gasteiger partial charge is 0.497 e. The van der Waals surface area contributed by atoms with Crippen LogP contribution in [0, 0.1) is 0 Å². The number of anilines is 1. The molecule has 0 aliphatic heterocycles. The molecule has 1 N–H and O–H groups in total. The molecule has 7 rings (SSSR count). The molecule has 0 unspecified atom stereocenters. The monoisotopic (exact) mass is 666 g/mol. The summed E-state index contributed by atoms with van der Waals surface area (Å²) in [6.45, 7) is 0. The zero-order valence-electron chi connectivity index (χ0n) is 26.5. The smallest absolute Gasteiger partial charge is 0.266 e. The van der Waals surface area contributed by atoms with E-state index < -0.39 is 0 Å². The van der Waals surface area contributed by atoms with Crippen LogP contribution in [-0.2, 0) is 0 Å². The maximum Gasteiger partial charge on any atom is 0.266 e. The number of ether oxygens (including phenoxy) is 2. The summed E-state index contributed by atoms with van der Waals surface area (Å²) in [5, 5.41) is 27.4. The second-order valence-corrected chi connectivity index (χ2v) is 11.0. The number of nitrogens with zero attached hydrogens (tertiary/aromatic N) is 9. The number of benzene rings is 4. The first-order chi connectivity index (χ1) is 24.1. The lowest BCUT2D eigenvalue weighted by atomic mass is 10.1. The van der Waals surface area contributed by atoms with Gasteiger partial charge in [-0.15, -0.1) is 22.8 Å². The first-order valence-corrected chi connectivity index (χ1v) is 15.6. The van der Waals surface area contributed by atoms with Gasteiger partial charge < -0.3 is 9.47 Å². The van der Waals surface area contributed by atoms with Crippen LogP contribution in [0.4, 0.5) is 5.95 Å². The van der Waals surface area contributed by atoms with E-state index in [-0.39, 0.29) is 11.1 Å². The van der Waals surface area contributed by atoms with Gasteiger partial charge in [-0.05, 0) is 72.8 Å². The molecule has 0 atom stereocenters. The normalized spacial score (nSPS) is 11.4. The highest BCUT2D eigenvalue weighted by Crippen LogP contribution is 2.27. The van der Waals surface area contributed by atoms with Crippen LogP contribution in [0.25, 0.3) is 33.9 Å². The van der Waals surface area contributed by atoms with Gasteiger partial charge in [0.1, 0.15) is 22.9 Å². The Bertz CT molecular complexity index is 2220. The van der Waals surface area contributed by atoms with Gasteiger partial charge in [0.05, 0.1) is 38.0 Å². The van der Waals surface area contributed by atoms with E-state index in [0.29, 0.717) is 0 Å². The molecule has 0 bridgehead atoms. The number of methoxy groups -OCH3 is 2. The van der Waals surface area contributed by atoms with E-state index in [0.717, 1.165) is 56.5 Å². The Hall–Kier alpha value is -6.47. The first kappa shape index (κ1) is 31.1. The van der Waals surface area contributed by atoms with Crippen molar-refractivity contribution >= 4 is 31.0 Å². The molecule has 0 aliphatic carbocycles. The quantitative estimate of drug-likeness (QED) is 0.0905. The van der Waals surface area contributed by atoms with Gasteiger partial charge in [-0.1, -0.05) is 36.4 Å². The van der Waals surface area contributed by atoms with Crippen molar-refractivity contribution in [2.24, 2.45) is 10.2 Å². The molecule has 0 spiro atoms. The number of rotatable bonds is 11. The fourth-order valence-electron chi connectivity index (χ4n) is 5.06. The van der Waals surface area contributed by atoms with Gasteiger partial charge in [-0.3, -0.25) is 0 Å². The average Bonchev–Trinajstić information content (AvgIpc) is 3.88. The van der Waals surface area contributed by atoms with Gasteiger partial charge in [-0.25, -0.2) is 14.8 Å². The van der Waals surface area contributed by atoms with Crippen molar-refractivity contribution in [3.05, 3.63) is 133 Å². The summed E-state index contributed by atoms with van der Waals surface area (Å²) in [5.74, 6) is 1.78. The molecule has 0 radical (unpaired) electrons. The molecule has 0 aliphatic rings. The number of hydrogen-bond donors (Lipinski definition) is 2. The molecule has 49 heavy (non-hydrogen) atoms. The lowest BCUT2D eigenvalue weighted by Gasteiger charge is -2.03. The highest BCUT2D eigenvalue weighted by molar-refractivity contribution is 7.80. The summed E-state index contributed by atoms with van der Waals surface area (Å²) < 4.78 is 15.8. The van der Waals surface area contributed by atoms with Gasteiger partial charge in [0, 0.05) is 34.6 Å². The van der Waals surface area contributed by atoms with Crippen molar-refractivity contribution in [1.29, 1.82) is 0 Å². The second kappa shape index (κ2) is 14.1. The van der Waals surface area contributed by atoms with E-state index in [2.05, 4.69) is 38.5 Å². The summed E-state index contributed by atoms with van der Waals surface area (Å²) in [7, 11) is 3.28. The molecule has 3 heterocycles. The number of hydrogen-bond acceptors (Lipinski definition) is 10. The summed E-state index contributed by atoms with van der Waals surface area (Å²) in [4.78, 5) is 0. The van der Waals surface area contributed by atoms with Gasteiger partial charge in [0.2, 0.25) is 5.16 Å². The molecule has 12 nitrogen and oxygen atoms in total. The topological polar surface area (TPSA) is 122 Å². The maximum absolute atomic E-state index is 5.35. The summed E-state index contributed by atoms with van der Waals surface area (Å²) >= 11 is 4.49. The Morgan fingerprint density at radius 3 is 1.61 bits per heavy atom. The lowest BCUT2D eigenvalue weighted by molar-refractivity contribution is 0.415. The van der Waals surface area contributed by atoms with Crippen LogP contribution in [0.2, 0.25) is 0 Å². The van der Waals surface area contributed by atoms with Gasteiger partial charge >= 0.3 is 0 Å². The summed E-state index contributed by atoms with van der Waals surface area (Å²) in [5.41, 5.74) is 9.62. The van der Waals surface area contributed by atoms with Crippen LogP contribution in [0.5, 0.6) is 11.5 Å². The van der Waals surface area contributed by atoms with Crippen LogP contribution in [0.15, 0.2) is 137 Å². The summed E-state index contributed by atoms with van der Waals surface area (Å²) in [6.07, 6.45) is 7.20.